The molecular weight excluding hydrogens is 365 g/mol. The molecule has 0 bridgehead atoms. The fraction of sp³-hybridized carbons (Fsp3) is 0.231. The standard InChI is InChI=1S/C13H12BrCl2N3O/c1-8(6-19-7-9(14)5-17-19)13(20)18-10-2-3-11(15)12(16)4-10/h2-5,7-8H,6H2,1H3,(H,18,20). The lowest BCUT2D eigenvalue weighted by molar-refractivity contribution is -0.119. The topological polar surface area (TPSA) is 46.9 Å². The Balaban J connectivity index is 1.98. The van der Waals surface area contributed by atoms with Crippen molar-refractivity contribution in [1.29, 1.82) is 0 Å². The maximum absolute atomic E-state index is 12.1. The zero-order valence-corrected chi connectivity index (χ0v) is 13.7. The molecule has 1 unspecified atom stereocenters. The van der Waals surface area contributed by atoms with E-state index >= 15 is 0 Å². The van der Waals surface area contributed by atoms with Gasteiger partial charge in [-0.05, 0) is 34.1 Å². The number of hydrogen-bond donors (Lipinski definition) is 1. The molecule has 0 aliphatic rings. The summed E-state index contributed by atoms with van der Waals surface area (Å²) in [7, 11) is 0. The van der Waals surface area contributed by atoms with Crippen LogP contribution >= 0.6 is 39.1 Å². The minimum absolute atomic E-state index is 0.102. The summed E-state index contributed by atoms with van der Waals surface area (Å²) in [6, 6.07) is 4.98. The monoisotopic (exact) mass is 375 g/mol. The molecule has 106 valence electrons. The second kappa shape index (κ2) is 6.61. The molecule has 0 saturated carbocycles. The average molecular weight is 377 g/mol. The summed E-state index contributed by atoms with van der Waals surface area (Å²) in [6.07, 6.45) is 3.51. The van der Waals surface area contributed by atoms with E-state index in [1.54, 1.807) is 29.1 Å². The van der Waals surface area contributed by atoms with Gasteiger partial charge < -0.3 is 5.32 Å². The molecule has 20 heavy (non-hydrogen) atoms. The second-order valence-corrected chi connectivity index (χ2v) is 6.13. The Morgan fingerprint density at radius 1 is 1.45 bits per heavy atom. The van der Waals surface area contributed by atoms with Gasteiger partial charge >= 0.3 is 0 Å². The molecule has 1 N–H and O–H groups in total. The smallest absolute Gasteiger partial charge is 0.229 e. The van der Waals surface area contributed by atoms with E-state index < -0.39 is 0 Å². The predicted molar refractivity (Wildman–Crippen MR) is 84.2 cm³/mol. The summed E-state index contributed by atoms with van der Waals surface area (Å²) < 4.78 is 2.60. The number of nitrogens with zero attached hydrogens (tertiary/aromatic N) is 2. The SMILES string of the molecule is CC(Cn1cc(Br)cn1)C(=O)Nc1ccc(Cl)c(Cl)c1. The number of hydrogen-bond acceptors (Lipinski definition) is 2. The first-order valence-corrected chi connectivity index (χ1v) is 7.44. The zero-order chi connectivity index (χ0) is 14.7. The molecule has 1 heterocycles. The number of aromatic nitrogens is 2. The van der Waals surface area contributed by atoms with Crippen LogP contribution in [0.25, 0.3) is 0 Å². The molecular formula is C13H12BrCl2N3O. The Morgan fingerprint density at radius 2 is 2.20 bits per heavy atom. The highest BCUT2D eigenvalue weighted by atomic mass is 79.9. The van der Waals surface area contributed by atoms with Crippen LogP contribution in [0.4, 0.5) is 5.69 Å². The van der Waals surface area contributed by atoms with E-state index in [2.05, 4.69) is 26.3 Å². The molecule has 0 aliphatic heterocycles. The number of nitrogens with one attached hydrogen (secondary N) is 1. The molecule has 0 fully saturated rings. The van der Waals surface area contributed by atoms with Gasteiger partial charge in [0.25, 0.3) is 0 Å². The normalized spacial score (nSPS) is 12.2. The lowest BCUT2D eigenvalue weighted by atomic mass is 10.1. The molecule has 1 atom stereocenters. The zero-order valence-electron chi connectivity index (χ0n) is 10.6. The Morgan fingerprint density at radius 3 is 2.80 bits per heavy atom. The molecule has 7 heteroatoms. The molecule has 0 spiro atoms. The summed E-state index contributed by atoms with van der Waals surface area (Å²) in [5.41, 5.74) is 0.623. The second-order valence-electron chi connectivity index (χ2n) is 4.40. The molecule has 0 radical (unpaired) electrons. The van der Waals surface area contributed by atoms with Gasteiger partial charge in [0.05, 0.1) is 33.2 Å². The van der Waals surface area contributed by atoms with Crippen molar-refractivity contribution in [1.82, 2.24) is 9.78 Å². The third kappa shape index (κ3) is 3.98. The van der Waals surface area contributed by atoms with E-state index in [1.165, 1.54) is 0 Å². The van der Waals surface area contributed by atoms with E-state index in [0.717, 1.165) is 4.47 Å². The van der Waals surface area contributed by atoms with Crippen molar-refractivity contribution in [2.24, 2.45) is 5.92 Å². The summed E-state index contributed by atoms with van der Waals surface area (Å²) in [6.45, 7) is 2.33. The van der Waals surface area contributed by atoms with Crippen molar-refractivity contribution in [2.75, 3.05) is 5.32 Å². The maximum atomic E-state index is 12.1. The molecule has 0 saturated heterocycles. The molecule has 2 rings (SSSR count). The van der Waals surface area contributed by atoms with E-state index in [-0.39, 0.29) is 11.8 Å². The largest absolute Gasteiger partial charge is 0.326 e. The summed E-state index contributed by atoms with van der Waals surface area (Å²) in [4.78, 5) is 12.1. The maximum Gasteiger partial charge on any atom is 0.229 e. The number of carbonyl (C=O) groups excluding carboxylic acids is 1. The molecule has 1 aromatic carbocycles. The van der Waals surface area contributed by atoms with Gasteiger partial charge in [-0.15, -0.1) is 0 Å². The van der Waals surface area contributed by atoms with Crippen LogP contribution in [0.15, 0.2) is 35.1 Å². The summed E-state index contributed by atoms with van der Waals surface area (Å²) in [5.74, 6) is -0.328. The van der Waals surface area contributed by atoms with Gasteiger partial charge in [0, 0.05) is 11.9 Å². The van der Waals surface area contributed by atoms with Crippen LogP contribution < -0.4 is 5.32 Å². The van der Waals surface area contributed by atoms with Crippen LogP contribution in [0, 0.1) is 5.92 Å². The molecule has 0 aliphatic carbocycles. The van der Waals surface area contributed by atoms with Crippen molar-refractivity contribution in [2.45, 2.75) is 13.5 Å². The van der Waals surface area contributed by atoms with Crippen LogP contribution in [0.1, 0.15) is 6.92 Å². The van der Waals surface area contributed by atoms with Crippen LogP contribution in [-0.4, -0.2) is 15.7 Å². The number of benzene rings is 1. The van der Waals surface area contributed by atoms with Gasteiger partial charge in [-0.3, -0.25) is 9.48 Å². The predicted octanol–water partition coefficient (Wildman–Crippen LogP) is 4.23. The Kier molecular flexibility index (Phi) is 5.07. The van der Waals surface area contributed by atoms with Gasteiger partial charge in [-0.25, -0.2) is 0 Å². The van der Waals surface area contributed by atoms with Gasteiger partial charge in [0.1, 0.15) is 0 Å². The fourth-order valence-electron chi connectivity index (χ4n) is 1.64. The first-order valence-electron chi connectivity index (χ1n) is 5.89. The number of carbonyl (C=O) groups is 1. The van der Waals surface area contributed by atoms with E-state index in [0.29, 0.717) is 22.3 Å². The number of halogens is 3. The Bertz CT molecular complexity index is 630. The van der Waals surface area contributed by atoms with Crippen molar-refractivity contribution in [3.8, 4) is 0 Å². The molecule has 2 aromatic rings. The first kappa shape index (κ1) is 15.4. The molecule has 1 aromatic heterocycles. The van der Waals surface area contributed by atoms with Crippen LogP contribution in [0.2, 0.25) is 10.0 Å². The molecule has 4 nitrogen and oxygen atoms in total. The third-order valence-electron chi connectivity index (χ3n) is 2.70. The van der Waals surface area contributed by atoms with Crippen molar-refractivity contribution in [3.05, 3.63) is 45.1 Å². The van der Waals surface area contributed by atoms with Crippen LogP contribution in [0.5, 0.6) is 0 Å². The number of amides is 1. The molecule has 1 amide bonds. The quantitative estimate of drug-likeness (QED) is 0.867. The highest BCUT2D eigenvalue weighted by molar-refractivity contribution is 9.10. The number of anilines is 1. The minimum Gasteiger partial charge on any atom is -0.326 e. The van der Waals surface area contributed by atoms with Crippen molar-refractivity contribution in [3.63, 3.8) is 0 Å². The van der Waals surface area contributed by atoms with E-state index in [9.17, 15) is 4.79 Å². The lowest BCUT2D eigenvalue weighted by Gasteiger charge is -2.12. The third-order valence-corrected chi connectivity index (χ3v) is 3.85. The minimum atomic E-state index is -0.226. The average Bonchev–Trinajstić information content (AvgIpc) is 2.79. The van der Waals surface area contributed by atoms with Gasteiger partial charge in [-0.1, -0.05) is 30.1 Å². The highest BCUT2D eigenvalue weighted by Gasteiger charge is 2.14. The van der Waals surface area contributed by atoms with Crippen molar-refractivity contribution >= 4 is 50.7 Å². The Labute approximate surface area is 135 Å². The fourth-order valence-corrected chi connectivity index (χ4v) is 2.27. The van der Waals surface area contributed by atoms with Crippen molar-refractivity contribution < 1.29 is 4.79 Å². The van der Waals surface area contributed by atoms with E-state index in [1.807, 2.05) is 13.1 Å². The van der Waals surface area contributed by atoms with Crippen LogP contribution in [0.3, 0.4) is 0 Å². The highest BCUT2D eigenvalue weighted by Crippen LogP contribution is 2.25. The van der Waals surface area contributed by atoms with Gasteiger partial charge in [0.15, 0.2) is 0 Å². The number of rotatable bonds is 4. The van der Waals surface area contributed by atoms with Gasteiger partial charge in [0.2, 0.25) is 5.91 Å². The van der Waals surface area contributed by atoms with Gasteiger partial charge in [-0.2, -0.15) is 5.10 Å². The summed E-state index contributed by atoms with van der Waals surface area (Å²) in [5, 5.41) is 7.79. The van der Waals surface area contributed by atoms with E-state index in [4.69, 9.17) is 23.2 Å². The first-order chi connectivity index (χ1) is 9.45. The lowest BCUT2D eigenvalue weighted by Crippen LogP contribution is -2.24. The Hall–Kier alpha value is -1.04. The summed E-state index contributed by atoms with van der Waals surface area (Å²) >= 11 is 15.1. The van der Waals surface area contributed by atoms with Crippen LogP contribution in [-0.2, 0) is 11.3 Å².